The zero-order chi connectivity index (χ0) is 23.7. The molecule has 0 spiro atoms. The van der Waals surface area contributed by atoms with Crippen molar-refractivity contribution in [3.63, 3.8) is 0 Å². The summed E-state index contributed by atoms with van der Waals surface area (Å²) in [5.41, 5.74) is 0. The zero-order valence-electron chi connectivity index (χ0n) is 20.7. The molecule has 6 heteroatoms. The molecule has 0 atom stereocenters. The summed E-state index contributed by atoms with van der Waals surface area (Å²) in [4.78, 5) is 23.5. The van der Waals surface area contributed by atoms with E-state index in [2.05, 4.69) is 32.2 Å². The number of ether oxygens (including phenoxy) is 2. The first-order valence-corrected chi connectivity index (χ1v) is 14.3. The first-order valence-electron chi connectivity index (χ1n) is 13.2. The number of hydrogen-bond donors (Lipinski definition) is 2. The van der Waals surface area contributed by atoms with E-state index in [9.17, 15) is 9.59 Å². The van der Waals surface area contributed by atoms with E-state index >= 15 is 0 Å². The number of unbranched alkanes of at least 4 members (excludes halogenated alkanes) is 15. The van der Waals surface area contributed by atoms with Gasteiger partial charge in [-0.3, -0.25) is 9.59 Å². The number of esters is 2. The lowest BCUT2D eigenvalue weighted by atomic mass is 10.1. The molecular weight excluding hydrogens is 440 g/mol. The largest absolute Gasteiger partial charge is 0.466 e. The number of carbonyl (C=O) groups excluding carboxylic acids is 2. The maximum Gasteiger partial charge on any atom is 0.306 e. The van der Waals surface area contributed by atoms with E-state index < -0.39 is 0 Å². The van der Waals surface area contributed by atoms with Gasteiger partial charge in [0.15, 0.2) is 0 Å². The molecule has 0 aliphatic carbocycles. The van der Waals surface area contributed by atoms with Crippen LogP contribution in [0.2, 0.25) is 0 Å². The third kappa shape index (κ3) is 25.9. The predicted octanol–water partition coefficient (Wildman–Crippen LogP) is 8.08. The van der Waals surface area contributed by atoms with Gasteiger partial charge in [-0.1, -0.05) is 103 Å². The molecule has 0 bridgehead atoms. The molecule has 4 nitrogen and oxygen atoms in total. The van der Waals surface area contributed by atoms with Crippen LogP contribution in [-0.2, 0) is 19.1 Å². The number of thiol groups is 2. The number of hydrogen-bond acceptors (Lipinski definition) is 6. The van der Waals surface area contributed by atoms with Gasteiger partial charge in [-0.05, 0) is 19.3 Å². The van der Waals surface area contributed by atoms with E-state index in [0.29, 0.717) is 13.2 Å². The highest BCUT2D eigenvalue weighted by atomic mass is 32.2. The van der Waals surface area contributed by atoms with Gasteiger partial charge in [-0.25, -0.2) is 0 Å². The molecule has 0 radical (unpaired) electrons. The molecule has 0 aromatic rings. The van der Waals surface area contributed by atoms with Gasteiger partial charge in [-0.2, -0.15) is 25.3 Å². The summed E-state index contributed by atoms with van der Waals surface area (Å²) >= 11 is 8.54. The molecule has 0 heterocycles. The minimum absolute atomic E-state index is 0.121. The summed E-state index contributed by atoms with van der Waals surface area (Å²) in [6.45, 7) is 3.16. The maximum atomic E-state index is 11.7. The molecule has 0 rings (SSSR count). The van der Waals surface area contributed by atoms with Crippen LogP contribution in [0, 0.1) is 0 Å². The van der Waals surface area contributed by atoms with Crippen LogP contribution in [0.5, 0.6) is 0 Å². The van der Waals surface area contributed by atoms with Crippen LogP contribution < -0.4 is 0 Å². The topological polar surface area (TPSA) is 52.6 Å². The SMILES string of the molecule is CCCCCCCCCCCOC(=O)CCC(=O)OCCCCCCCCCCC(S)S. The first-order chi connectivity index (χ1) is 15.6. The Morgan fingerprint density at radius 3 is 1.28 bits per heavy atom. The van der Waals surface area contributed by atoms with Gasteiger partial charge < -0.3 is 9.47 Å². The third-order valence-electron chi connectivity index (χ3n) is 5.66. The second-order valence-electron chi connectivity index (χ2n) is 8.87. The minimum Gasteiger partial charge on any atom is -0.466 e. The fraction of sp³-hybridized carbons (Fsp3) is 0.923. The average molecular weight is 491 g/mol. The molecule has 0 aromatic carbocycles. The zero-order valence-corrected chi connectivity index (χ0v) is 22.4. The molecule has 0 N–H and O–H groups in total. The lowest BCUT2D eigenvalue weighted by Gasteiger charge is -2.06. The summed E-state index contributed by atoms with van der Waals surface area (Å²) in [7, 11) is 0. The quantitative estimate of drug-likeness (QED) is 0.0621. The Morgan fingerprint density at radius 2 is 0.906 bits per heavy atom. The fourth-order valence-corrected chi connectivity index (χ4v) is 3.99. The summed E-state index contributed by atoms with van der Waals surface area (Å²) in [5.74, 6) is -0.586. The van der Waals surface area contributed by atoms with Gasteiger partial charge >= 0.3 is 11.9 Å². The molecule has 190 valence electrons. The Hall–Kier alpha value is -0.360. The van der Waals surface area contributed by atoms with Crippen molar-refractivity contribution in [1.82, 2.24) is 0 Å². The molecule has 0 unspecified atom stereocenters. The van der Waals surface area contributed by atoms with Crippen molar-refractivity contribution in [2.75, 3.05) is 13.2 Å². The highest BCUT2D eigenvalue weighted by Crippen LogP contribution is 2.14. The fourth-order valence-electron chi connectivity index (χ4n) is 3.62. The second kappa shape index (κ2) is 25.3. The van der Waals surface area contributed by atoms with Gasteiger partial charge in [0, 0.05) is 4.58 Å². The van der Waals surface area contributed by atoms with Crippen molar-refractivity contribution in [1.29, 1.82) is 0 Å². The average Bonchev–Trinajstić information content (AvgIpc) is 2.77. The molecule has 0 aromatic heterocycles. The number of rotatable bonds is 24. The highest BCUT2D eigenvalue weighted by Gasteiger charge is 2.09. The molecule has 0 amide bonds. The van der Waals surface area contributed by atoms with E-state index in [-0.39, 0.29) is 29.4 Å². The van der Waals surface area contributed by atoms with Crippen LogP contribution >= 0.6 is 25.3 Å². The van der Waals surface area contributed by atoms with Gasteiger partial charge in [0.2, 0.25) is 0 Å². The molecule has 0 aliphatic heterocycles. The molecule has 0 saturated carbocycles. The van der Waals surface area contributed by atoms with Gasteiger partial charge in [0.05, 0.1) is 26.1 Å². The summed E-state index contributed by atoms with van der Waals surface area (Å²) in [6, 6.07) is 0. The lowest BCUT2D eigenvalue weighted by Crippen LogP contribution is -2.11. The Kier molecular flexibility index (Phi) is 25.0. The standard InChI is InChI=1S/C26H50O4S2/c1-2-3-4-5-6-8-11-14-17-22-29-24(27)20-21-25(28)30-23-18-15-12-9-7-10-13-16-19-26(31)32/h26,31-32H,2-23H2,1H3. The molecule has 0 fully saturated rings. The van der Waals surface area contributed by atoms with Gasteiger partial charge in [-0.15, -0.1) is 0 Å². The van der Waals surface area contributed by atoms with Gasteiger partial charge in [0.25, 0.3) is 0 Å². The van der Waals surface area contributed by atoms with E-state index in [0.717, 1.165) is 32.1 Å². The summed E-state index contributed by atoms with van der Waals surface area (Å²) in [5, 5.41) is 0. The second-order valence-corrected chi connectivity index (χ2v) is 10.5. The van der Waals surface area contributed by atoms with Crippen molar-refractivity contribution in [2.24, 2.45) is 0 Å². The lowest BCUT2D eigenvalue weighted by molar-refractivity contribution is -0.150. The van der Waals surface area contributed by atoms with Crippen molar-refractivity contribution in [3.8, 4) is 0 Å². The Balaban J connectivity index is 3.31. The van der Waals surface area contributed by atoms with E-state index in [1.165, 1.54) is 83.5 Å². The van der Waals surface area contributed by atoms with Crippen LogP contribution in [0.25, 0.3) is 0 Å². The smallest absolute Gasteiger partial charge is 0.306 e. The van der Waals surface area contributed by atoms with E-state index in [4.69, 9.17) is 9.47 Å². The van der Waals surface area contributed by atoms with Crippen LogP contribution in [0.3, 0.4) is 0 Å². The Labute approximate surface area is 209 Å². The van der Waals surface area contributed by atoms with Gasteiger partial charge in [0.1, 0.15) is 0 Å². The molecule has 32 heavy (non-hydrogen) atoms. The van der Waals surface area contributed by atoms with Crippen LogP contribution in [-0.4, -0.2) is 29.7 Å². The molecule has 0 saturated heterocycles. The van der Waals surface area contributed by atoms with Crippen molar-refractivity contribution >= 4 is 37.2 Å². The van der Waals surface area contributed by atoms with E-state index in [1.54, 1.807) is 0 Å². The van der Waals surface area contributed by atoms with Crippen molar-refractivity contribution in [3.05, 3.63) is 0 Å². The van der Waals surface area contributed by atoms with E-state index in [1.807, 2.05) is 0 Å². The monoisotopic (exact) mass is 490 g/mol. The van der Waals surface area contributed by atoms with Crippen molar-refractivity contribution < 1.29 is 19.1 Å². The summed E-state index contributed by atoms with van der Waals surface area (Å²) < 4.78 is 10.6. The maximum absolute atomic E-state index is 11.7. The highest BCUT2D eigenvalue weighted by molar-refractivity contribution is 7.99. The number of carbonyl (C=O) groups is 2. The predicted molar refractivity (Wildman–Crippen MR) is 142 cm³/mol. The first kappa shape index (κ1) is 31.6. The van der Waals surface area contributed by atoms with Crippen LogP contribution in [0.4, 0.5) is 0 Å². The van der Waals surface area contributed by atoms with Crippen molar-refractivity contribution in [2.45, 2.75) is 140 Å². The minimum atomic E-state index is -0.295. The third-order valence-corrected chi connectivity index (χ3v) is 6.18. The van der Waals surface area contributed by atoms with Crippen LogP contribution in [0.1, 0.15) is 135 Å². The van der Waals surface area contributed by atoms with Crippen LogP contribution in [0.15, 0.2) is 0 Å². The normalized spacial score (nSPS) is 11.1. The summed E-state index contributed by atoms with van der Waals surface area (Å²) in [6.07, 6.45) is 21.9. The Bertz CT molecular complexity index is 430. The molecular formula is C26H50O4S2. The molecule has 0 aliphatic rings. The Morgan fingerprint density at radius 1 is 0.562 bits per heavy atom.